The van der Waals surface area contributed by atoms with E-state index in [-0.39, 0.29) is 17.8 Å². The number of nitro groups is 1. The first-order valence-corrected chi connectivity index (χ1v) is 6.48. The average molecular weight is 270 g/mol. The smallest absolute Gasteiger partial charge is 0.270 e. The molecule has 2 rings (SSSR count). The largest absolute Gasteiger partial charge is 0.808 e. The maximum absolute atomic E-state index is 10.8. The Labute approximate surface area is 101 Å². The Morgan fingerprint density at radius 3 is 2.72 bits per heavy atom. The zero-order valence-electron chi connectivity index (χ0n) is 8.88. The number of oxime groups is 1. The zero-order valence-corrected chi connectivity index (χ0v) is 9.78. The van der Waals surface area contributed by atoms with Gasteiger partial charge in [0.05, 0.1) is 10.6 Å². The second-order valence-corrected chi connectivity index (χ2v) is 5.31. The van der Waals surface area contributed by atoms with Crippen molar-refractivity contribution in [2.24, 2.45) is 5.16 Å². The van der Waals surface area contributed by atoms with Crippen LogP contribution in [0.2, 0.25) is 0 Å². The van der Waals surface area contributed by atoms with Gasteiger partial charge in [-0.25, -0.2) is 0 Å². The van der Waals surface area contributed by atoms with E-state index < -0.39 is 18.4 Å². The topological polar surface area (TPSA) is 128 Å². The summed E-state index contributed by atoms with van der Waals surface area (Å²) in [6.45, 7) is 0. The minimum atomic E-state index is -4.87. The van der Waals surface area contributed by atoms with E-state index in [0.29, 0.717) is 5.56 Å². The fourth-order valence-corrected chi connectivity index (χ4v) is 2.06. The van der Waals surface area contributed by atoms with Crippen molar-refractivity contribution in [3.63, 3.8) is 0 Å². The van der Waals surface area contributed by atoms with Crippen molar-refractivity contribution >= 4 is 19.0 Å². The van der Waals surface area contributed by atoms with Crippen LogP contribution in [0.3, 0.4) is 0 Å². The Morgan fingerprint density at radius 1 is 1.44 bits per heavy atom. The van der Waals surface area contributed by atoms with E-state index in [1.807, 2.05) is 0 Å². The molecule has 1 unspecified atom stereocenters. The minimum absolute atomic E-state index is 0.147. The highest BCUT2D eigenvalue weighted by Gasteiger charge is 2.25. The van der Waals surface area contributed by atoms with Gasteiger partial charge in [-0.2, -0.15) is 0 Å². The number of nitrogens with zero attached hydrogens (tertiary/aromatic N) is 2. The molecule has 0 saturated heterocycles. The Bertz CT molecular complexity index is 566. The van der Waals surface area contributed by atoms with Gasteiger partial charge in [-0.3, -0.25) is 10.1 Å². The molecule has 96 valence electrons. The molecule has 9 heteroatoms. The summed E-state index contributed by atoms with van der Waals surface area (Å²) in [6, 6.07) is 5.50. The van der Waals surface area contributed by atoms with Gasteiger partial charge in [0.2, 0.25) is 0 Å². The second-order valence-electron chi connectivity index (χ2n) is 3.65. The first kappa shape index (κ1) is 12.7. The van der Waals surface area contributed by atoms with Gasteiger partial charge in [-0.15, -0.1) is 0 Å². The van der Waals surface area contributed by atoms with Crippen LogP contribution in [-0.4, -0.2) is 16.5 Å². The number of hydrogen-bond donors (Lipinski definition) is 0. The summed E-state index contributed by atoms with van der Waals surface area (Å²) in [7, 11) is -4.87. The lowest BCUT2D eigenvalue weighted by atomic mass is 10.1. The molecule has 0 saturated carbocycles. The number of hydrogen-bond acceptors (Lipinski definition) is 7. The highest BCUT2D eigenvalue weighted by atomic mass is 31.2. The zero-order chi connectivity index (χ0) is 13.3. The summed E-state index contributed by atoms with van der Waals surface area (Å²) in [4.78, 5) is 36.0. The van der Waals surface area contributed by atoms with Gasteiger partial charge in [-0.1, -0.05) is 17.3 Å². The first-order valence-electron chi connectivity index (χ1n) is 4.87. The molecule has 1 aromatic rings. The van der Waals surface area contributed by atoms with Gasteiger partial charge < -0.3 is 19.2 Å². The quantitative estimate of drug-likeness (QED) is 0.430. The van der Waals surface area contributed by atoms with Gasteiger partial charge in [0, 0.05) is 24.1 Å². The molecule has 0 aliphatic carbocycles. The third kappa shape index (κ3) is 2.56. The molecule has 0 radical (unpaired) electrons. The molecular formula is C9H7N2O6P-2. The summed E-state index contributed by atoms with van der Waals surface area (Å²) in [6.07, 6.45) is -0.203. The normalized spacial score (nSPS) is 19.2. The minimum Gasteiger partial charge on any atom is -0.808 e. The lowest BCUT2D eigenvalue weighted by Gasteiger charge is -2.33. The Hall–Kier alpha value is -1.76. The summed E-state index contributed by atoms with van der Waals surface area (Å²) in [5.41, 5.74) is 0.418. The van der Waals surface area contributed by atoms with Gasteiger partial charge >= 0.3 is 0 Å². The number of rotatable bonds is 3. The highest BCUT2D eigenvalue weighted by molar-refractivity contribution is 7.49. The molecule has 1 aliphatic heterocycles. The second kappa shape index (κ2) is 4.49. The Balaban J connectivity index is 2.22. The SMILES string of the molecule is O=[N+]([O-])c1cccc(C2=NOC(P(=O)([O-])[O-])C2)c1. The molecule has 1 heterocycles. The third-order valence-electron chi connectivity index (χ3n) is 2.40. The van der Waals surface area contributed by atoms with Crippen LogP contribution in [0.25, 0.3) is 0 Å². The molecule has 0 bridgehead atoms. The van der Waals surface area contributed by atoms with Gasteiger partial charge in [0.1, 0.15) is 0 Å². The van der Waals surface area contributed by atoms with E-state index >= 15 is 0 Å². The highest BCUT2D eigenvalue weighted by Crippen LogP contribution is 2.38. The van der Waals surface area contributed by atoms with Crippen LogP contribution in [0.1, 0.15) is 12.0 Å². The Kier molecular flexibility index (Phi) is 3.16. The summed E-state index contributed by atoms with van der Waals surface area (Å²) >= 11 is 0. The van der Waals surface area contributed by atoms with Crippen LogP contribution in [0.5, 0.6) is 0 Å². The lowest BCUT2D eigenvalue weighted by molar-refractivity contribution is -0.384. The van der Waals surface area contributed by atoms with Crippen molar-refractivity contribution in [1.29, 1.82) is 0 Å². The third-order valence-corrected chi connectivity index (χ3v) is 3.38. The summed E-state index contributed by atoms with van der Waals surface area (Å²) in [5.74, 6) is -1.54. The van der Waals surface area contributed by atoms with Crippen molar-refractivity contribution in [2.75, 3.05) is 0 Å². The molecule has 8 nitrogen and oxygen atoms in total. The number of non-ortho nitro benzene ring substituents is 1. The molecule has 0 fully saturated rings. The fourth-order valence-electron chi connectivity index (χ4n) is 1.50. The van der Waals surface area contributed by atoms with E-state index in [0.717, 1.165) is 0 Å². The van der Waals surface area contributed by atoms with Crippen molar-refractivity contribution < 1.29 is 24.1 Å². The van der Waals surface area contributed by atoms with Crippen LogP contribution in [-0.2, 0) is 9.40 Å². The maximum atomic E-state index is 10.8. The van der Waals surface area contributed by atoms with Gasteiger partial charge in [-0.05, 0) is 7.60 Å². The fraction of sp³-hybridized carbons (Fsp3) is 0.222. The van der Waals surface area contributed by atoms with E-state index in [9.17, 15) is 24.5 Å². The lowest BCUT2D eigenvalue weighted by Crippen LogP contribution is -2.26. The monoisotopic (exact) mass is 270 g/mol. The molecule has 0 N–H and O–H groups in total. The van der Waals surface area contributed by atoms with E-state index in [4.69, 9.17) is 0 Å². The first-order chi connectivity index (χ1) is 8.38. The number of nitro benzene ring substituents is 1. The van der Waals surface area contributed by atoms with Crippen LogP contribution >= 0.6 is 7.60 Å². The molecule has 0 aromatic heterocycles. The van der Waals surface area contributed by atoms with E-state index in [1.54, 1.807) is 0 Å². The maximum Gasteiger partial charge on any atom is 0.270 e. The van der Waals surface area contributed by atoms with E-state index in [1.165, 1.54) is 24.3 Å². The molecule has 18 heavy (non-hydrogen) atoms. The van der Waals surface area contributed by atoms with Crippen molar-refractivity contribution in [1.82, 2.24) is 0 Å². The van der Waals surface area contributed by atoms with Crippen LogP contribution in [0.15, 0.2) is 29.4 Å². The van der Waals surface area contributed by atoms with Crippen LogP contribution in [0.4, 0.5) is 5.69 Å². The number of benzene rings is 1. The molecule has 1 atom stereocenters. The van der Waals surface area contributed by atoms with Gasteiger partial charge in [0.15, 0.2) is 5.85 Å². The predicted octanol–water partition coefficient (Wildman–Crippen LogP) is -0.0410. The van der Waals surface area contributed by atoms with Crippen molar-refractivity contribution in [3.05, 3.63) is 39.9 Å². The average Bonchev–Trinajstić information content (AvgIpc) is 2.78. The van der Waals surface area contributed by atoms with Gasteiger partial charge in [0.25, 0.3) is 5.69 Å². The molecular weight excluding hydrogens is 263 g/mol. The van der Waals surface area contributed by atoms with Crippen molar-refractivity contribution in [3.8, 4) is 0 Å². The molecule has 0 amide bonds. The molecule has 1 aromatic carbocycles. The van der Waals surface area contributed by atoms with E-state index in [2.05, 4.69) is 9.99 Å². The summed E-state index contributed by atoms with van der Waals surface area (Å²) < 4.78 is 10.8. The standard InChI is InChI=1S/C9H9N2O6P/c12-11(13)7-3-1-2-6(4-7)8-5-9(17-10-8)18(14,15)16/h1-4,9H,5H2,(H2,14,15,16)/p-2. The van der Waals surface area contributed by atoms with Crippen molar-refractivity contribution in [2.45, 2.75) is 12.3 Å². The molecule has 1 aliphatic rings. The predicted molar refractivity (Wildman–Crippen MR) is 56.7 cm³/mol. The summed E-state index contributed by atoms with van der Waals surface area (Å²) in [5, 5.41) is 14.1. The van der Waals surface area contributed by atoms with Crippen LogP contribution in [0, 0.1) is 10.1 Å². The molecule has 0 spiro atoms. The Morgan fingerprint density at radius 2 is 2.17 bits per heavy atom. The van der Waals surface area contributed by atoms with Crippen LogP contribution < -0.4 is 9.79 Å².